The predicted octanol–water partition coefficient (Wildman–Crippen LogP) is 4.46. The van der Waals surface area contributed by atoms with Crippen LogP contribution in [0.1, 0.15) is 34.0 Å². The summed E-state index contributed by atoms with van der Waals surface area (Å²) in [6.45, 7) is 7.85. The number of benzene rings is 2. The van der Waals surface area contributed by atoms with E-state index in [0.717, 1.165) is 0 Å². The summed E-state index contributed by atoms with van der Waals surface area (Å²) in [7, 11) is 2.52. The quantitative estimate of drug-likeness (QED) is 0.179. The highest BCUT2D eigenvalue weighted by molar-refractivity contribution is 5.89. The van der Waals surface area contributed by atoms with Gasteiger partial charge in [0.05, 0.1) is 26.2 Å². The van der Waals surface area contributed by atoms with Crippen LogP contribution in [0, 0.1) is 0 Å². The van der Waals surface area contributed by atoms with Crippen molar-refractivity contribution in [2.75, 3.05) is 27.4 Å². The minimum absolute atomic E-state index is 0.192. The van der Waals surface area contributed by atoms with Crippen LogP contribution in [0.5, 0.6) is 11.5 Å². The summed E-state index contributed by atoms with van der Waals surface area (Å²) in [6.07, 6.45) is 4.92. The first kappa shape index (κ1) is 26.9. The molecule has 2 aromatic carbocycles. The first-order chi connectivity index (χ1) is 16.9. The second kappa shape index (κ2) is 14.0. The fourth-order valence-corrected chi connectivity index (χ4v) is 2.92. The van der Waals surface area contributed by atoms with Gasteiger partial charge < -0.3 is 23.7 Å². The Morgan fingerprint density at radius 3 is 2.14 bits per heavy atom. The van der Waals surface area contributed by atoms with Crippen LogP contribution >= 0.6 is 0 Å². The molecule has 0 bridgehead atoms. The lowest BCUT2D eigenvalue weighted by atomic mass is 10.0. The molecule has 0 aliphatic heterocycles. The zero-order chi connectivity index (χ0) is 25.6. The highest BCUT2D eigenvalue weighted by Gasteiger charge is 2.21. The minimum atomic E-state index is -0.910. The van der Waals surface area contributed by atoms with E-state index in [2.05, 4.69) is 17.9 Å². The number of rotatable bonds is 13. The molecule has 8 nitrogen and oxygen atoms in total. The van der Waals surface area contributed by atoms with Gasteiger partial charge in [0.15, 0.2) is 11.5 Å². The van der Waals surface area contributed by atoms with Gasteiger partial charge in [-0.3, -0.25) is 4.79 Å². The summed E-state index contributed by atoms with van der Waals surface area (Å²) < 4.78 is 26.1. The molecule has 0 aliphatic rings. The zero-order valence-corrected chi connectivity index (χ0v) is 19.7. The third-order valence-electron chi connectivity index (χ3n) is 4.63. The molecule has 1 unspecified atom stereocenters. The van der Waals surface area contributed by atoms with Crippen molar-refractivity contribution in [2.24, 2.45) is 0 Å². The lowest BCUT2D eigenvalue weighted by molar-refractivity contribution is -0.150. The maximum absolute atomic E-state index is 12.5. The highest BCUT2D eigenvalue weighted by atomic mass is 16.6. The van der Waals surface area contributed by atoms with Crippen molar-refractivity contribution >= 4 is 24.0 Å². The van der Waals surface area contributed by atoms with Gasteiger partial charge in [0.25, 0.3) is 0 Å². The van der Waals surface area contributed by atoms with Crippen LogP contribution in [-0.2, 0) is 23.8 Å². The van der Waals surface area contributed by atoms with Crippen molar-refractivity contribution in [3.05, 3.63) is 90.5 Å². The maximum atomic E-state index is 12.5. The second-order valence-electron chi connectivity index (χ2n) is 7.06. The fraction of sp³-hybridized carbons (Fsp3) is 0.222. The SMILES string of the molecule is C=CCOc1ccc(/C=C/C(=O)OC(CC(=O)OC)c2ccc(C(=O)OC)cc2)cc1OCC=C. The van der Waals surface area contributed by atoms with Gasteiger partial charge in [-0.15, -0.1) is 0 Å². The van der Waals surface area contributed by atoms with Gasteiger partial charge in [-0.25, -0.2) is 9.59 Å². The Morgan fingerprint density at radius 1 is 0.886 bits per heavy atom. The lowest BCUT2D eigenvalue weighted by Crippen LogP contribution is -2.15. The predicted molar refractivity (Wildman–Crippen MR) is 130 cm³/mol. The molecular formula is C27H28O8. The molecule has 0 N–H and O–H groups in total. The Bertz CT molecular complexity index is 1070. The van der Waals surface area contributed by atoms with Gasteiger partial charge in [-0.05, 0) is 41.5 Å². The second-order valence-corrected chi connectivity index (χ2v) is 7.06. The first-order valence-electron chi connectivity index (χ1n) is 10.7. The van der Waals surface area contributed by atoms with Gasteiger partial charge >= 0.3 is 17.9 Å². The number of esters is 3. The van der Waals surface area contributed by atoms with E-state index in [9.17, 15) is 14.4 Å². The molecular weight excluding hydrogens is 452 g/mol. The van der Waals surface area contributed by atoms with E-state index in [-0.39, 0.29) is 13.0 Å². The number of carbonyl (C=O) groups is 3. The maximum Gasteiger partial charge on any atom is 0.337 e. The topological polar surface area (TPSA) is 97.4 Å². The molecule has 184 valence electrons. The van der Waals surface area contributed by atoms with Gasteiger partial charge in [0.1, 0.15) is 19.3 Å². The molecule has 0 radical (unpaired) electrons. The largest absolute Gasteiger partial charge is 0.486 e. The number of carbonyl (C=O) groups excluding carboxylic acids is 3. The summed E-state index contributed by atoms with van der Waals surface area (Å²) in [5.41, 5.74) is 1.52. The number of methoxy groups -OCH3 is 2. The highest BCUT2D eigenvalue weighted by Crippen LogP contribution is 2.29. The summed E-state index contributed by atoms with van der Waals surface area (Å²) in [6, 6.07) is 11.4. The third-order valence-corrected chi connectivity index (χ3v) is 4.63. The molecule has 0 saturated heterocycles. The molecule has 0 spiro atoms. The standard InChI is InChI=1S/C27H28O8/c1-5-15-33-22-13-7-19(17-24(22)34-16-6-2)8-14-25(28)35-23(18-26(29)31-3)20-9-11-21(12-10-20)27(30)32-4/h5-14,17,23H,1-2,15-16,18H2,3-4H3/b14-8+. The summed E-state index contributed by atoms with van der Waals surface area (Å²) in [5, 5.41) is 0. The molecule has 2 rings (SSSR count). The van der Waals surface area contributed by atoms with E-state index in [0.29, 0.717) is 34.8 Å². The van der Waals surface area contributed by atoms with Crippen molar-refractivity contribution in [1.82, 2.24) is 0 Å². The van der Waals surface area contributed by atoms with E-state index in [1.807, 2.05) is 0 Å². The zero-order valence-electron chi connectivity index (χ0n) is 19.7. The van der Waals surface area contributed by atoms with Crippen LogP contribution in [0.2, 0.25) is 0 Å². The Kier molecular flexibility index (Phi) is 10.8. The van der Waals surface area contributed by atoms with E-state index in [4.69, 9.17) is 18.9 Å². The molecule has 0 fully saturated rings. The summed E-state index contributed by atoms with van der Waals surface area (Å²) >= 11 is 0. The monoisotopic (exact) mass is 480 g/mol. The Morgan fingerprint density at radius 2 is 1.54 bits per heavy atom. The number of ether oxygens (including phenoxy) is 5. The molecule has 0 amide bonds. The van der Waals surface area contributed by atoms with E-state index < -0.39 is 24.0 Å². The van der Waals surface area contributed by atoms with Crippen molar-refractivity contribution in [2.45, 2.75) is 12.5 Å². The molecule has 2 aromatic rings. The van der Waals surface area contributed by atoms with Crippen LogP contribution in [0.25, 0.3) is 6.08 Å². The number of hydrogen-bond acceptors (Lipinski definition) is 8. The molecule has 1 atom stereocenters. The smallest absolute Gasteiger partial charge is 0.337 e. The molecule has 0 aromatic heterocycles. The number of hydrogen-bond donors (Lipinski definition) is 0. The van der Waals surface area contributed by atoms with Crippen molar-refractivity contribution in [3.8, 4) is 11.5 Å². The van der Waals surface area contributed by atoms with E-state index in [1.54, 1.807) is 48.6 Å². The molecule has 35 heavy (non-hydrogen) atoms. The van der Waals surface area contributed by atoms with Crippen LogP contribution in [-0.4, -0.2) is 45.3 Å². The Labute approximate surface area is 204 Å². The van der Waals surface area contributed by atoms with Crippen LogP contribution in [0.3, 0.4) is 0 Å². The Balaban J connectivity index is 2.18. The normalized spacial score (nSPS) is 11.3. The van der Waals surface area contributed by atoms with Crippen LogP contribution < -0.4 is 9.47 Å². The molecule has 0 heterocycles. The minimum Gasteiger partial charge on any atom is -0.486 e. The lowest BCUT2D eigenvalue weighted by Gasteiger charge is -2.17. The van der Waals surface area contributed by atoms with Crippen molar-refractivity contribution in [3.63, 3.8) is 0 Å². The average Bonchev–Trinajstić information content (AvgIpc) is 2.89. The van der Waals surface area contributed by atoms with Gasteiger partial charge in [-0.1, -0.05) is 43.5 Å². The Hall–Kier alpha value is -4.33. The molecule has 0 saturated carbocycles. The molecule has 0 aliphatic carbocycles. The average molecular weight is 481 g/mol. The summed E-state index contributed by atoms with van der Waals surface area (Å²) in [4.78, 5) is 36.1. The summed E-state index contributed by atoms with van der Waals surface area (Å²) in [5.74, 6) is -0.714. The third kappa shape index (κ3) is 8.51. The van der Waals surface area contributed by atoms with Crippen LogP contribution in [0.15, 0.2) is 73.9 Å². The fourth-order valence-electron chi connectivity index (χ4n) is 2.92. The van der Waals surface area contributed by atoms with Crippen molar-refractivity contribution < 1.29 is 38.1 Å². The van der Waals surface area contributed by atoms with Crippen molar-refractivity contribution in [1.29, 1.82) is 0 Å². The molecule has 8 heteroatoms. The van der Waals surface area contributed by atoms with E-state index in [1.165, 1.54) is 32.4 Å². The van der Waals surface area contributed by atoms with Gasteiger partial charge in [0, 0.05) is 6.08 Å². The van der Waals surface area contributed by atoms with Crippen LogP contribution in [0.4, 0.5) is 0 Å². The van der Waals surface area contributed by atoms with Gasteiger partial charge in [-0.2, -0.15) is 0 Å². The van der Waals surface area contributed by atoms with E-state index >= 15 is 0 Å². The first-order valence-corrected chi connectivity index (χ1v) is 10.7. The van der Waals surface area contributed by atoms with Gasteiger partial charge in [0.2, 0.25) is 0 Å².